The van der Waals surface area contributed by atoms with Gasteiger partial charge in [0.25, 0.3) is 5.91 Å². The third-order valence-electron chi connectivity index (χ3n) is 4.37. The minimum atomic E-state index is -0.193. The van der Waals surface area contributed by atoms with E-state index in [2.05, 4.69) is 5.32 Å². The van der Waals surface area contributed by atoms with Crippen molar-refractivity contribution in [2.45, 2.75) is 0 Å². The molecule has 0 fully saturated rings. The van der Waals surface area contributed by atoms with Crippen LogP contribution >= 0.6 is 23.2 Å². The van der Waals surface area contributed by atoms with Crippen molar-refractivity contribution in [2.24, 2.45) is 0 Å². The number of hydrogen-bond acceptors (Lipinski definition) is 1. The molecule has 0 saturated carbocycles. The highest BCUT2D eigenvalue weighted by atomic mass is 35.5. The lowest BCUT2D eigenvalue weighted by atomic mass is 10.1. The minimum absolute atomic E-state index is 0.193. The largest absolute Gasteiger partial charge is 0.322 e. The Labute approximate surface area is 173 Å². The van der Waals surface area contributed by atoms with Gasteiger partial charge in [-0.3, -0.25) is 4.79 Å². The summed E-state index contributed by atoms with van der Waals surface area (Å²) in [6.45, 7) is 0. The van der Waals surface area contributed by atoms with Crippen molar-refractivity contribution < 1.29 is 4.79 Å². The molecule has 28 heavy (non-hydrogen) atoms. The van der Waals surface area contributed by atoms with Crippen LogP contribution in [0, 0.1) is 0 Å². The fourth-order valence-electron chi connectivity index (χ4n) is 3.08. The Bertz CT molecular complexity index is 1120. The highest BCUT2D eigenvalue weighted by Crippen LogP contribution is 2.30. The van der Waals surface area contributed by atoms with Crippen LogP contribution in [0.25, 0.3) is 16.9 Å². The fourth-order valence-corrected chi connectivity index (χ4v) is 3.39. The first-order chi connectivity index (χ1) is 13.6. The number of anilines is 1. The van der Waals surface area contributed by atoms with Gasteiger partial charge in [0.2, 0.25) is 0 Å². The van der Waals surface area contributed by atoms with E-state index in [0.29, 0.717) is 21.3 Å². The fraction of sp³-hybridized carbons (Fsp3) is 0. The minimum Gasteiger partial charge on any atom is -0.322 e. The molecule has 0 bridgehead atoms. The van der Waals surface area contributed by atoms with Crippen LogP contribution in [-0.4, -0.2) is 10.5 Å². The molecule has 4 rings (SSSR count). The van der Waals surface area contributed by atoms with Gasteiger partial charge in [-0.15, -0.1) is 0 Å². The SMILES string of the molecule is O=C(Nc1ccc(Cl)cc1)c1ccn(-c2cccc(Cl)c2)c1-c1ccccc1. The van der Waals surface area contributed by atoms with Gasteiger partial charge in [0.05, 0.1) is 11.3 Å². The molecule has 5 heteroatoms. The normalized spacial score (nSPS) is 10.6. The maximum absolute atomic E-state index is 13.0. The molecule has 0 spiro atoms. The highest BCUT2D eigenvalue weighted by molar-refractivity contribution is 6.31. The molecule has 3 aromatic carbocycles. The lowest BCUT2D eigenvalue weighted by Crippen LogP contribution is -2.13. The summed E-state index contributed by atoms with van der Waals surface area (Å²) in [4.78, 5) is 13.0. The molecular formula is C23H16Cl2N2O. The van der Waals surface area contributed by atoms with Crippen LogP contribution < -0.4 is 5.32 Å². The number of hydrogen-bond donors (Lipinski definition) is 1. The number of carbonyl (C=O) groups excluding carboxylic acids is 1. The summed E-state index contributed by atoms with van der Waals surface area (Å²) in [7, 11) is 0. The maximum Gasteiger partial charge on any atom is 0.257 e. The predicted molar refractivity (Wildman–Crippen MR) is 116 cm³/mol. The van der Waals surface area contributed by atoms with Crippen molar-refractivity contribution in [3.05, 3.63) is 107 Å². The first-order valence-corrected chi connectivity index (χ1v) is 9.47. The van der Waals surface area contributed by atoms with Crippen LogP contribution in [0.5, 0.6) is 0 Å². The molecule has 138 valence electrons. The Balaban J connectivity index is 1.79. The average molecular weight is 407 g/mol. The van der Waals surface area contributed by atoms with Gasteiger partial charge in [-0.1, -0.05) is 59.6 Å². The zero-order valence-corrected chi connectivity index (χ0v) is 16.3. The van der Waals surface area contributed by atoms with Crippen LogP contribution in [0.2, 0.25) is 10.0 Å². The first kappa shape index (κ1) is 18.4. The van der Waals surface area contributed by atoms with Gasteiger partial charge in [0, 0.05) is 27.6 Å². The topological polar surface area (TPSA) is 34.0 Å². The summed E-state index contributed by atoms with van der Waals surface area (Å²) in [5.41, 5.74) is 3.88. The molecule has 1 heterocycles. The number of halogens is 2. The number of amides is 1. The van der Waals surface area contributed by atoms with Crippen molar-refractivity contribution in [3.8, 4) is 16.9 Å². The average Bonchev–Trinajstić information content (AvgIpc) is 3.16. The van der Waals surface area contributed by atoms with Gasteiger partial charge < -0.3 is 9.88 Å². The van der Waals surface area contributed by atoms with Crippen LogP contribution in [0.3, 0.4) is 0 Å². The summed E-state index contributed by atoms with van der Waals surface area (Å²) in [5, 5.41) is 4.19. The Hall–Kier alpha value is -3.01. The van der Waals surface area contributed by atoms with E-state index in [-0.39, 0.29) is 5.91 Å². The van der Waals surface area contributed by atoms with E-state index in [4.69, 9.17) is 23.2 Å². The summed E-state index contributed by atoms with van der Waals surface area (Å²) < 4.78 is 1.97. The molecule has 0 aliphatic carbocycles. The van der Waals surface area contributed by atoms with Crippen LogP contribution in [0.1, 0.15) is 10.4 Å². The van der Waals surface area contributed by atoms with E-state index < -0.39 is 0 Å². The zero-order chi connectivity index (χ0) is 19.5. The molecule has 0 aliphatic heterocycles. The number of carbonyl (C=O) groups is 1. The molecule has 1 N–H and O–H groups in total. The van der Waals surface area contributed by atoms with E-state index in [1.54, 1.807) is 24.3 Å². The molecule has 0 aliphatic rings. The van der Waals surface area contributed by atoms with Gasteiger partial charge >= 0.3 is 0 Å². The monoisotopic (exact) mass is 406 g/mol. The van der Waals surface area contributed by atoms with Gasteiger partial charge in [-0.25, -0.2) is 0 Å². The summed E-state index contributed by atoms with van der Waals surface area (Å²) in [6, 6.07) is 26.2. The Morgan fingerprint density at radius 1 is 0.786 bits per heavy atom. The zero-order valence-electron chi connectivity index (χ0n) is 14.8. The van der Waals surface area contributed by atoms with Crippen LogP contribution in [0.4, 0.5) is 5.69 Å². The number of benzene rings is 3. The van der Waals surface area contributed by atoms with Gasteiger partial charge in [0.15, 0.2) is 0 Å². The van der Waals surface area contributed by atoms with Crippen LogP contribution in [0.15, 0.2) is 91.1 Å². The number of nitrogens with one attached hydrogen (secondary N) is 1. The smallest absolute Gasteiger partial charge is 0.257 e. The number of nitrogens with zero attached hydrogens (tertiary/aromatic N) is 1. The molecule has 0 atom stereocenters. The van der Waals surface area contributed by atoms with Crippen molar-refractivity contribution in [2.75, 3.05) is 5.32 Å². The predicted octanol–water partition coefficient (Wildman–Crippen LogP) is 6.70. The van der Waals surface area contributed by atoms with E-state index in [0.717, 1.165) is 16.9 Å². The lowest BCUT2D eigenvalue weighted by Gasteiger charge is -2.13. The summed E-state index contributed by atoms with van der Waals surface area (Å²) >= 11 is 12.1. The number of aromatic nitrogens is 1. The first-order valence-electron chi connectivity index (χ1n) is 8.71. The highest BCUT2D eigenvalue weighted by Gasteiger charge is 2.19. The standard InChI is InChI=1S/C23H16Cl2N2O/c24-17-9-11-19(12-10-17)26-23(28)21-13-14-27(20-8-4-7-18(25)15-20)22(21)16-5-2-1-3-6-16/h1-15H,(H,26,28). The Morgan fingerprint density at radius 2 is 1.54 bits per heavy atom. The van der Waals surface area contributed by atoms with E-state index in [9.17, 15) is 4.79 Å². The second kappa shape index (κ2) is 7.93. The molecule has 1 aromatic heterocycles. The van der Waals surface area contributed by atoms with Crippen molar-refractivity contribution in [1.82, 2.24) is 4.57 Å². The third kappa shape index (κ3) is 3.81. The summed E-state index contributed by atoms with van der Waals surface area (Å²) in [6.07, 6.45) is 1.88. The van der Waals surface area contributed by atoms with Crippen molar-refractivity contribution in [1.29, 1.82) is 0 Å². The van der Waals surface area contributed by atoms with Crippen LogP contribution in [-0.2, 0) is 0 Å². The Morgan fingerprint density at radius 3 is 2.25 bits per heavy atom. The van der Waals surface area contributed by atoms with Gasteiger partial charge in [0.1, 0.15) is 0 Å². The summed E-state index contributed by atoms with van der Waals surface area (Å²) in [5.74, 6) is -0.193. The molecule has 0 unspecified atom stereocenters. The van der Waals surface area contributed by atoms with Gasteiger partial charge in [-0.05, 0) is 54.1 Å². The third-order valence-corrected chi connectivity index (χ3v) is 4.85. The van der Waals surface area contributed by atoms with E-state index in [1.807, 2.05) is 71.4 Å². The molecule has 1 amide bonds. The van der Waals surface area contributed by atoms with E-state index >= 15 is 0 Å². The number of rotatable bonds is 4. The van der Waals surface area contributed by atoms with Crippen molar-refractivity contribution in [3.63, 3.8) is 0 Å². The molecule has 0 saturated heterocycles. The molecule has 4 aromatic rings. The van der Waals surface area contributed by atoms with Crippen molar-refractivity contribution >= 4 is 34.8 Å². The molecule has 3 nitrogen and oxygen atoms in total. The molecule has 0 radical (unpaired) electrons. The second-order valence-electron chi connectivity index (χ2n) is 6.25. The van der Waals surface area contributed by atoms with Gasteiger partial charge in [-0.2, -0.15) is 0 Å². The Kier molecular flexibility index (Phi) is 5.20. The molecular weight excluding hydrogens is 391 g/mol. The van der Waals surface area contributed by atoms with E-state index in [1.165, 1.54) is 0 Å². The maximum atomic E-state index is 13.0. The quantitative estimate of drug-likeness (QED) is 0.401. The second-order valence-corrected chi connectivity index (χ2v) is 7.13. The lowest BCUT2D eigenvalue weighted by molar-refractivity contribution is 0.102.